The predicted molar refractivity (Wildman–Crippen MR) is 75.4 cm³/mol. The average molecular weight is 277 g/mol. The van der Waals surface area contributed by atoms with Crippen LogP contribution >= 0.6 is 0 Å². The third-order valence-electron chi connectivity index (χ3n) is 4.72. The Hall–Kier alpha value is -1.43. The molecular weight excluding hydrogens is 254 g/mol. The zero-order chi connectivity index (χ0) is 14.1. The Bertz CT molecular complexity index is 474. The van der Waals surface area contributed by atoms with Crippen LogP contribution in [0.5, 0.6) is 0 Å². The predicted octanol–water partition coefficient (Wildman–Crippen LogP) is 1.07. The Kier molecular flexibility index (Phi) is 3.74. The van der Waals surface area contributed by atoms with E-state index in [0.717, 1.165) is 31.8 Å². The number of amides is 1. The van der Waals surface area contributed by atoms with E-state index in [0.29, 0.717) is 17.8 Å². The summed E-state index contributed by atoms with van der Waals surface area (Å²) in [5.74, 6) is 0.796. The van der Waals surface area contributed by atoms with Crippen LogP contribution in [0.4, 0.5) is 0 Å². The molecule has 2 heterocycles. The first-order chi connectivity index (χ1) is 9.65. The van der Waals surface area contributed by atoms with Crippen LogP contribution in [0, 0.1) is 5.92 Å². The smallest absolute Gasteiger partial charge is 0.276 e. The van der Waals surface area contributed by atoms with Crippen molar-refractivity contribution in [3.8, 4) is 0 Å². The molecule has 1 saturated heterocycles. The number of carbonyl (C=O) groups is 1. The monoisotopic (exact) mass is 277 g/mol. The normalized spacial score (nSPS) is 27.1. The van der Waals surface area contributed by atoms with E-state index >= 15 is 0 Å². The molecule has 1 aromatic rings. The molecule has 110 valence electrons. The average Bonchev–Trinajstić information content (AvgIpc) is 2.85. The van der Waals surface area contributed by atoms with Gasteiger partial charge in [0.25, 0.3) is 5.91 Å². The van der Waals surface area contributed by atoms with E-state index in [4.69, 9.17) is 0 Å². The lowest BCUT2D eigenvalue weighted by Crippen LogP contribution is -2.43. The minimum atomic E-state index is 0.00286. The fourth-order valence-corrected chi connectivity index (χ4v) is 2.99. The van der Waals surface area contributed by atoms with Crippen LogP contribution in [0.1, 0.15) is 49.1 Å². The maximum atomic E-state index is 12.5. The van der Waals surface area contributed by atoms with Crippen LogP contribution in [0.25, 0.3) is 0 Å². The van der Waals surface area contributed by atoms with Crippen molar-refractivity contribution in [2.45, 2.75) is 44.7 Å². The molecule has 0 atom stereocenters. The lowest BCUT2D eigenvalue weighted by atomic mass is 9.86. The van der Waals surface area contributed by atoms with Gasteiger partial charge in [0.2, 0.25) is 0 Å². The van der Waals surface area contributed by atoms with Gasteiger partial charge in [0.1, 0.15) is 0 Å². The van der Waals surface area contributed by atoms with Gasteiger partial charge in [-0.2, -0.15) is 0 Å². The van der Waals surface area contributed by atoms with Gasteiger partial charge in [0.15, 0.2) is 5.69 Å². The topological polar surface area (TPSA) is 63.1 Å². The Balaban J connectivity index is 1.63. The number of nitrogens with one attached hydrogen (secondary N) is 1. The molecular formula is C14H23N5O. The van der Waals surface area contributed by atoms with Crippen LogP contribution in [0.3, 0.4) is 0 Å². The van der Waals surface area contributed by atoms with Crippen LogP contribution in [-0.2, 0) is 0 Å². The minimum absolute atomic E-state index is 0.00286. The molecule has 2 fully saturated rings. The largest absolute Gasteiger partial charge is 0.337 e. The van der Waals surface area contributed by atoms with Gasteiger partial charge in [-0.3, -0.25) is 4.79 Å². The molecule has 20 heavy (non-hydrogen) atoms. The molecule has 1 aliphatic carbocycles. The molecule has 6 heteroatoms. The van der Waals surface area contributed by atoms with Gasteiger partial charge in [-0.25, -0.2) is 4.68 Å². The van der Waals surface area contributed by atoms with Crippen LogP contribution in [0.2, 0.25) is 0 Å². The molecule has 0 radical (unpaired) electrons. The van der Waals surface area contributed by atoms with Gasteiger partial charge in [-0.1, -0.05) is 12.1 Å². The molecule has 3 rings (SSSR count). The SMILES string of the molecule is CC1CCC(N(C)C(=O)c2cn(C3CNC3)nn2)CC1. The van der Waals surface area contributed by atoms with Crippen molar-refractivity contribution in [2.75, 3.05) is 20.1 Å². The Morgan fingerprint density at radius 2 is 2.05 bits per heavy atom. The van der Waals surface area contributed by atoms with Crippen molar-refractivity contribution in [3.05, 3.63) is 11.9 Å². The molecule has 1 N–H and O–H groups in total. The fraction of sp³-hybridized carbons (Fsp3) is 0.786. The summed E-state index contributed by atoms with van der Waals surface area (Å²) in [4.78, 5) is 14.3. The first-order valence-corrected chi connectivity index (χ1v) is 7.55. The molecule has 1 aliphatic heterocycles. The molecule has 0 aromatic carbocycles. The molecule has 6 nitrogen and oxygen atoms in total. The fourth-order valence-electron chi connectivity index (χ4n) is 2.99. The zero-order valence-electron chi connectivity index (χ0n) is 12.2. The molecule has 1 aromatic heterocycles. The highest BCUT2D eigenvalue weighted by molar-refractivity contribution is 5.91. The number of hydrogen-bond donors (Lipinski definition) is 1. The molecule has 0 unspecified atom stereocenters. The van der Waals surface area contributed by atoms with Crippen molar-refractivity contribution in [2.24, 2.45) is 5.92 Å². The third kappa shape index (κ3) is 2.57. The van der Waals surface area contributed by atoms with Gasteiger partial charge in [0, 0.05) is 26.2 Å². The molecule has 0 bridgehead atoms. The minimum Gasteiger partial charge on any atom is -0.337 e. The molecule has 1 amide bonds. The summed E-state index contributed by atoms with van der Waals surface area (Å²) in [6, 6.07) is 0.708. The van der Waals surface area contributed by atoms with E-state index in [2.05, 4.69) is 22.6 Å². The second-order valence-electron chi connectivity index (χ2n) is 6.23. The number of carbonyl (C=O) groups excluding carboxylic acids is 1. The van der Waals surface area contributed by atoms with Crippen LogP contribution in [0.15, 0.2) is 6.20 Å². The van der Waals surface area contributed by atoms with Gasteiger partial charge in [-0.05, 0) is 31.6 Å². The van der Waals surface area contributed by atoms with Crippen molar-refractivity contribution in [1.29, 1.82) is 0 Å². The summed E-state index contributed by atoms with van der Waals surface area (Å²) in [5, 5.41) is 11.3. The maximum absolute atomic E-state index is 12.5. The first kappa shape index (κ1) is 13.5. The van der Waals surface area contributed by atoms with Gasteiger partial charge < -0.3 is 10.2 Å². The summed E-state index contributed by atoms with van der Waals surface area (Å²) >= 11 is 0. The van der Waals surface area contributed by atoms with Gasteiger partial charge in [-0.15, -0.1) is 5.10 Å². The van der Waals surface area contributed by atoms with E-state index in [1.165, 1.54) is 12.8 Å². The molecule has 1 saturated carbocycles. The summed E-state index contributed by atoms with van der Waals surface area (Å²) in [6.07, 6.45) is 6.41. The number of hydrogen-bond acceptors (Lipinski definition) is 4. The van der Waals surface area contributed by atoms with Crippen molar-refractivity contribution in [1.82, 2.24) is 25.2 Å². The Morgan fingerprint density at radius 3 is 2.65 bits per heavy atom. The highest BCUT2D eigenvalue weighted by atomic mass is 16.2. The second kappa shape index (κ2) is 5.52. The lowest BCUT2D eigenvalue weighted by Gasteiger charge is -2.33. The summed E-state index contributed by atoms with van der Waals surface area (Å²) in [5.41, 5.74) is 0.470. The number of nitrogens with zero attached hydrogens (tertiary/aromatic N) is 4. The second-order valence-corrected chi connectivity index (χ2v) is 6.23. The molecule has 2 aliphatic rings. The van der Waals surface area contributed by atoms with E-state index in [9.17, 15) is 4.79 Å². The Labute approximate surface area is 119 Å². The summed E-state index contributed by atoms with van der Waals surface area (Å²) < 4.78 is 1.81. The quantitative estimate of drug-likeness (QED) is 0.898. The summed E-state index contributed by atoms with van der Waals surface area (Å²) in [7, 11) is 1.90. The maximum Gasteiger partial charge on any atom is 0.276 e. The van der Waals surface area contributed by atoms with Crippen molar-refractivity contribution in [3.63, 3.8) is 0 Å². The number of aromatic nitrogens is 3. The first-order valence-electron chi connectivity index (χ1n) is 7.55. The lowest BCUT2D eigenvalue weighted by molar-refractivity contribution is 0.0673. The van der Waals surface area contributed by atoms with Crippen LogP contribution in [-0.4, -0.2) is 52.0 Å². The van der Waals surface area contributed by atoms with Crippen molar-refractivity contribution < 1.29 is 4.79 Å². The van der Waals surface area contributed by atoms with Crippen molar-refractivity contribution >= 4 is 5.91 Å². The van der Waals surface area contributed by atoms with E-state index < -0.39 is 0 Å². The van der Waals surface area contributed by atoms with E-state index in [1.807, 2.05) is 11.9 Å². The zero-order valence-corrected chi connectivity index (χ0v) is 12.2. The van der Waals surface area contributed by atoms with Gasteiger partial charge >= 0.3 is 0 Å². The van der Waals surface area contributed by atoms with E-state index in [1.54, 1.807) is 10.9 Å². The third-order valence-corrected chi connectivity index (χ3v) is 4.72. The highest BCUT2D eigenvalue weighted by Gasteiger charge is 2.28. The number of rotatable bonds is 3. The Morgan fingerprint density at radius 1 is 1.35 bits per heavy atom. The van der Waals surface area contributed by atoms with Gasteiger partial charge in [0.05, 0.1) is 12.2 Å². The molecule has 0 spiro atoms. The van der Waals surface area contributed by atoms with E-state index in [-0.39, 0.29) is 5.91 Å². The standard InChI is InChI=1S/C14H23N5O/c1-10-3-5-11(6-4-10)18(2)14(20)13-9-19(17-16-13)12-7-15-8-12/h9-12,15H,3-8H2,1-2H3. The van der Waals surface area contributed by atoms with Crippen LogP contribution < -0.4 is 5.32 Å². The summed E-state index contributed by atoms with van der Waals surface area (Å²) in [6.45, 7) is 4.11. The highest BCUT2D eigenvalue weighted by Crippen LogP contribution is 2.27.